The van der Waals surface area contributed by atoms with Crippen molar-refractivity contribution in [2.24, 2.45) is 0 Å². The highest BCUT2D eigenvalue weighted by Crippen LogP contribution is 2.29. The first-order valence-corrected chi connectivity index (χ1v) is 5.89. The number of benzene rings is 2. The van der Waals surface area contributed by atoms with Crippen molar-refractivity contribution < 1.29 is 23.8 Å². The fourth-order valence-electron chi connectivity index (χ4n) is 1.68. The molecule has 0 spiro atoms. The molecule has 0 atom stereocenters. The minimum absolute atomic E-state index is 0.0914. The molecule has 4 nitrogen and oxygen atoms in total. The number of aromatic carboxylic acids is 1. The molecule has 0 aromatic heterocycles. The molecular formula is C15H13FO4. The van der Waals surface area contributed by atoms with E-state index in [9.17, 15) is 9.18 Å². The molecule has 104 valence electrons. The molecule has 0 bridgehead atoms. The van der Waals surface area contributed by atoms with Crippen molar-refractivity contribution in [2.45, 2.75) is 6.61 Å². The molecule has 0 aliphatic carbocycles. The van der Waals surface area contributed by atoms with Gasteiger partial charge < -0.3 is 14.6 Å². The van der Waals surface area contributed by atoms with Crippen LogP contribution in [-0.4, -0.2) is 18.2 Å². The van der Waals surface area contributed by atoms with E-state index in [1.54, 1.807) is 0 Å². The van der Waals surface area contributed by atoms with Crippen LogP contribution >= 0.6 is 0 Å². The molecule has 0 unspecified atom stereocenters. The van der Waals surface area contributed by atoms with Crippen molar-refractivity contribution in [3.05, 3.63) is 59.4 Å². The van der Waals surface area contributed by atoms with Gasteiger partial charge >= 0.3 is 5.97 Å². The van der Waals surface area contributed by atoms with Crippen LogP contribution in [-0.2, 0) is 6.61 Å². The van der Waals surface area contributed by atoms with Crippen LogP contribution in [0.1, 0.15) is 15.9 Å². The summed E-state index contributed by atoms with van der Waals surface area (Å²) in [5.41, 5.74) is 0.762. The Morgan fingerprint density at radius 3 is 2.45 bits per heavy atom. The normalized spacial score (nSPS) is 10.1. The minimum atomic E-state index is -1.17. The molecule has 0 heterocycles. The molecule has 2 aromatic rings. The second-order valence-corrected chi connectivity index (χ2v) is 4.07. The van der Waals surface area contributed by atoms with Gasteiger partial charge in [0.2, 0.25) is 5.82 Å². The SMILES string of the molecule is COc1cc(C(=O)O)cc(OCc2ccccc2)c1F. The van der Waals surface area contributed by atoms with Gasteiger partial charge in [0.1, 0.15) is 6.61 Å². The average molecular weight is 276 g/mol. The Morgan fingerprint density at radius 2 is 1.85 bits per heavy atom. The van der Waals surface area contributed by atoms with E-state index in [2.05, 4.69) is 0 Å². The van der Waals surface area contributed by atoms with Gasteiger partial charge in [-0.1, -0.05) is 30.3 Å². The fourth-order valence-corrected chi connectivity index (χ4v) is 1.68. The summed E-state index contributed by atoms with van der Waals surface area (Å²) in [6, 6.07) is 11.5. The van der Waals surface area contributed by atoms with Crippen molar-refractivity contribution in [1.82, 2.24) is 0 Å². The molecule has 0 saturated heterocycles. The minimum Gasteiger partial charge on any atom is -0.494 e. The lowest BCUT2D eigenvalue weighted by Crippen LogP contribution is -2.03. The number of halogens is 1. The number of carboxylic acid groups (broad SMARTS) is 1. The molecule has 5 heteroatoms. The summed E-state index contributed by atoms with van der Waals surface area (Å²) in [4.78, 5) is 11.0. The van der Waals surface area contributed by atoms with Crippen molar-refractivity contribution in [3.63, 3.8) is 0 Å². The molecule has 20 heavy (non-hydrogen) atoms. The molecule has 2 aromatic carbocycles. The summed E-state index contributed by atoms with van der Waals surface area (Å²) in [5, 5.41) is 8.97. The highest BCUT2D eigenvalue weighted by atomic mass is 19.1. The van der Waals surface area contributed by atoms with Crippen LogP contribution in [0.2, 0.25) is 0 Å². The molecule has 0 radical (unpaired) electrons. The quantitative estimate of drug-likeness (QED) is 0.911. The van der Waals surface area contributed by atoms with Gasteiger partial charge in [0.25, 0.3) is 0 Å². The number of methoxy groups -OCH3 is 1. The summed E-state index contributed by atoms with van der Waals surface area (Å²) in [5.74, 6) is -2.19. The maximum atomic E-state index is 14.0. The Balaban J connectivity index is 2.26. The first-order chi connectivity index (χ1) is 9.61. The van der Waals surface area contributed by atoms with Crippen molar-refractivity contribution in [3.8, 4) is 11.5 Å². The van der Waals surface area contributed by atoms with Gasteiger partial charge in [-0.3, -0.25) is 0 Å². The molecular weight excluding hydrogens is 263 g/mol. The number of hydrogen-bond acceptors (Lipinski definition) is 3. The standard InChI is InChI=1S/C15H13FO4/c1-19-12-7-11(15(17)18)8-13(14(12)16)20-9-10-5-3-2-4-6-10/h2-8H,9H2,1H3,(H,17,18). The second-order valence-electron chi connectivity index (χ2n) is 4.07. The van der Waals surface area contributed by atoms with Crippen LogP contribution in [0.3, 0.4) is 0 Å². The third kappa shape index (κ3) is 3.06. The van der Waals surface area contributed by atoms with E-state index < -0.39 is 11.8 Å². The summed E-state index contributed by atoms with van der Waals surface area (Å²) in [6.07, 6.45) is 0. The Labute approximate surface area is 115 Å². The predicted molar refractivity (Wildman–Crippen MR) is 70.7 cm³/mol. The zero-order chi connectivity index (χ0) is 14.5. The predicted octanol–water partition coefficient (Wildman–Crippen LogP) is 3.11. The third-order valence-electron chi connectivity index (χ3n) is 2.71. The van der Waals surface area contributed by atoms with Gasteiger partial charge in [-0.2, -0.15) is 4.39 Å². The maximum Gasteiger partial charge on any atom is 0.335 e. The van der Waals surface area contributed by atoms with Crippen LogP contribution in [0, 0.1) is 5.82 Å². The van der Waals surface area contributed by atoms with Crippen molar-refractivity contribution in [2.75, 3.05) is 7.11 Å². The lowest BCUT2D eigenvalue weighted by atomic mass is 10.2. The summed E-state index contributed by atoms with van der Waals surface area (Å²) >= 11 is 0. The number of ether oxygens (including phenoxy) is 2. The van der Waals surface area contributed by atoms with Crippen molar-refractivity contribution in [1.29, 1.82) is 0 Å². The summed E-state index contributed by atoms with van der Waals surface area (Å²) < 4.78 is 24.1. The van der Waals surface area contributed by atoms with Gasteiger partial charge in [-0.15, -0.1) is 0 Å². The summed E-state index contributed by atoms with van der Waals surface area (Å²) in [6.45, 7) is 0.143. The van der Waals surface area contributed by atoms with Crippen LogP contribution in [0.5, 0.6) is 11.5 Å². The topological polar surface area (TPSA) is 55.8 Å². The van der Waals surface area contributed by atoms with Gasteiger partial charge in [-0.25, -0.2) is 4.79 Å². The Kier molecular flexibility index (Phi) is 4.20. The molecule has 0 aliphatic heterocycles. The number of carboxylic acids is 1. The highest BCUT2D eigenvalue weighted by Gasteiger charge is 2.16. The van der Waals surface area contributed by atoms with Crippen LogP contribution < -0.4 is 9.47 Å². The van der Waals surface area contributed by atoms with E-state index in [0.717, 1.165) is 17.7 Å². The Hall–Kier alpha value is -2.56. The van der Waals surface area contributed by atoms with E-state index in [0.29, 0.717) is 0 Å². The van der Waals surface area contributed by atoms with E-state index in [1.165, 1.54) is 7.11 Å². The fraction of sp³-hybridized carbons (Fsp3) is 0.133. The van der Waals surface area contributed by atoms with Gasteiger partial charge in [0, 0.05) is 0 Å². The van der Waals surface area contributed by atoms with Crippen LogP contribution in [0.15, 0.2) is 42.5 Å². The molecule has 0 amide bonds. The number of rotatable bonds is 5. The first kappa shape index (κ1) is 13.9. The van der Waals surface area contributed by atoms with Crippen molar-refractivity contribution >= 4 is 5.97 Å². The van der Waals surface area contributed by atoms with Crippen LogP contribution in [0.4, 0.5) is 4.39 Å². The van der Waals surface area contributed by atoms with Gasteiger partial charge in [0.05, 0.1) is 12.7 Å². The second kappa shape index (κ2) is 6.06. The molecule has 0 saturated carbocycles. The Bertz CT molecular complexity index is 611. The summed E-state index contributed by atoms with van der Waals surface area (Å²) in [7, 11) is 1.27. The molecule has 2 rings (SSSR count). The average Bonchev–Trinajstić information content (AvgIpc) is 2.47. The lowest BCUT2D eigenvalue weighted by molar-refractivity contribution is 0.0695. The molecule has 0 aliphatic rings. The number of carbonyl (C=O) groups is 1. The van der Waals surface area contributed by atoms with Gasteiger partial charge in [-0.05, 0) is 17.7 Å². The maximum absolute atomic E-state index is 14.0. The van der Waals surface area contributed by atoms with Gasteiger partial charge in [0.15, 0.2) is 11.5 Å². The van der Waals surface area contributed by atoms with Crippen LogP contribution in [0.25, 0.3) is 0 Å². The molecule has 0 fully saturated rings. The van der Waals surface area contributed by atoms with E-state index in [-0.39, 0.29) is 23.7 Å². The van der Waals surface area contributed by atoms with E-state index in [4.69, 9.17) is 14.6 Å². The smallest absolute Gasteiger partial charge is 0.335 e. The Morgan fingerprint density at radius 1 is 1.20 bits per heavy atom. The first-order valence-electron chi connectivity index (χ1n) is 5.89. The lowest BCUT2D eigenvalue weighted by Gasteiger charge is -2.11. The number of hydrogen-bond donors (Lipinski definition) is 1. The zero-order valence-corrected chi connectivity index (χ0v) is 10.8. The monoisotopic (exact) mass is 276 g/mol. The van der Waals surface area contributed by atoms with E-state index >= 15 is 0 Å². The zero-order valence-electron chi connectivity index (χ0n) is 10.8. The highest BCUT2D eigenvalue weighted by molar-refractivity contribution is 5.88. The third-order valence-corrected chi connectivity index (χ3v) is 2.71. The largest absolute Gasteiger partial charge is 0.494 e. The van der Waals surface area contributed by atoms with E-state index in [1.807, 2.05) is 30.3 Å². The molecule has 1 N–H and O–H groups in total.